The van der Waals surface area contributed by atoms with Gasteiger partial charge < -0.3 is 5.11 Å². The van der Waals surface area contributed by atoms with E-state index in [4.69, 9.17) is 16.7 Å². The molecule has 100 valence electrons. The van der Waals surface area contributed by atoms with Crippen LogP contribution in [-0.2, 0) is 6.42 Å². The second-order valence-corrected chi connectivity index (χ2v) is 4.76. The van der Waals surface area contributed by atoms with Crippen LogP contribution in [-0.4, -0.2) is 20.9 Å². The summed E-state index contributed by atoms with van der Waals surface area (Å²) >= 11 is 6.18. The monoisotopic (exact) mass is 278 g/mol. The van der Waals surface area contributed by atoms with E-state index in [1.807, 2.05) is 32.0 Å². The first-order chi connectivity index (χ1) is 8.97. The SMILES string of the molecule is CCc1cccc(C)c1-n1nc(C)c(C(=O)O)c1Cl. The Morgan fingerprint density at radius 3 is 2.63 bits per heavy atom. The molecule has 0 atom stereocenters. The number of carboxylic acid groups (broad SMARTS) is 1. The highest BCUT2D eigenvalue weighted by atomic mass is 35.5. The zero-order chi connectivity index (χ0) is 14.2. The van der Waals surface area contributed by atoms with Crippen molar-refractivity contribution in [3.8, 4) is 5.69 Å². The minimum atomic E-state index is -1.06. The van der Waals surface area contributed by atoms with E-state index in [2.05, 4.69) is 5.10 Å². The molecule has 1 N–H and O–H groups in total. The van der Waals surface area contributed by atoms with Gasteiger partial charge in [-0.1, -0.05) is 36.7 Å². The third kappa shape index (κ3) is 2.24. The maximum atomic E-state index is 11.2. The Morgan fingerprint density at radius 2 is 2.11 bits per heavy atom. The lowest BCUT2D eigenvalue weighted by Gasteiger charge is -2.12. The highest BCUT2D eigenvalue weighted by Gasteiger charge is 2.22. The van der Waals surface area contributed by atoms with Gasteiger partial charge in [-0.3, -0.25) is 0 Å². The molecule has 0 saturated carbocycles. The lowest BCUT2D eigenvalue weighted by atomic mass is 10.1. The molecule has 0 spiro atoms. The maximum Gasteiger partial charge on any atom is 0.340 e. The van der Waals surface area contributed by atoms with Crippen LogP contribution >= 0.6 is 11.6 Å². The zero-order valence-electron chi connectivity index (χ0n) is 11.1. The van der Waals surface area contributed by atoms with Crippen molar-refractivity contribution in [1.29, 1.82) is 0 Å². The highest BCUT2D eigenvalue weighted by molar-refractivity contribution is 6.33. The lowest BCUT2D eigenvalue weighted by Crippen LogP contribution is -2.04. The van der Waals surface area contributed by atoms with Gasteiger partial charge in [0, 0.05) is 0 Å². The molecule has 1 aromatic heterocycles. The average molecular weight is 279 g/mol. The highest BCUT2D eigenvalue weighted by Crippen LogP contribution is 2.27. The lowest BCUT2D eigenvalue weighted by molar-refractivity contribution is 0.0696. The predicted octanol–water partition coefficient (Wildman–Crippen LogP) is 3.40. The molecule has 0 fully saturated rings. The van der Waals surface area contributed by atoms with Crippen molar-refractivity contribution in [1.82, 2.24) is 9.78 Å². The number of nitrogens with zero attached hydrogens (tertiary/aromatic N) is 2. The minimum Gasteiger partial charge on any atom is -0.478 e. The molecular formula is C14H15ClN2O2. The topological polar surface area (TPSA) is 55.1 Å². The fourth-order valence-corrected chi connectivity index (χ4v) is 2.54. The Labute approximate surface area is 116 Å². The van der Waals surface area contributed by atoms with Gasteiger partial charge in [0.2, 0.25) is 0 Å². The van der Waals surface area contributed by atoms with E-state index in [1.54, 1.807) is 6.92 Å². The van der Waals surface area contributed by atoms with E-state index in [-0.39, 0.29) is 10.7 Å². The van der Waals surface area contributed by atoms with Crippen LogP contribution in [0, 0.1) is 13.8 Å². The molecule has 0 saturated heterocycles. The Morgan fingerprint density at radius 1 is 1.42 bits per heavy atom. The summed E-state index contributed by atoms with van der Waals surface area (Å²) in [6, 6.07) is 5.93. The number of hydrogen-bond donors (Lipinski definition) is 1. The maximum absolute atomic E-state index is 11.2. The fourth-order valence-electron chi connectivity index (χ4n) is 2.20. The van der Waals surface area contributed by atoms with E-state index < -0.39 is 5.97 Å². The normalized spacial score (nSPS) is 10.7. The molecule has 0 amide bonds. The Balaban J connectivity index is 2.74. The van der Waals surface area contributed by atoms with Crippen molar-refractivity contribution in [2.75, 3.05) is 0 Å². The molecule has 4 nitrogen and oxygen atoms in total. The van der Waals surface area contributed by atoms with Gasteiger partial charge in [-0.15, -0.1) is 0 Å². The van der Waals surface area contributed by atoms with Gasteiger partial charge in [-0.05, 0) is 31.4 Å². The van der Waals surface area contributed by atoms with Gasteiger partial charge in [0.1, 0.15) is 10.7 Å². The molecule has 1 heterocycles. The number of benzene rings is 1. The van der Waals surface area contributed by atoms with Crippen LogP contribution in [0.1, 0.15) is 34.1 Å². The van der Waals surface area contributed by atoms with E-state index in [0.717, 1.165) is 23.2 Å². The molecule has 19 heavy (non-hydrogen) atoms. The van der Waals surface area contributed by atoms with Gasteiger partial charge in [0.15, 0.2) is 0 Å². The quantitative estimate of drug-likeness (QED) is 0.936. The van der Waals surface area contributed by atoms with E-state index in [9.17, 15) is 4.79 Å². The van der Waals surface area contributed by atoms with Gasteiger partial charge in [-0.25, -0.2) is 9.48 Å². The first kappa shape index (κ1) is 13.6. The van der Waals surface area contributed by atoms with Crippen molar-refractivity contribution < 1.29 is 9.90 Å². The number of hydrogen-bond acceptors (Lipinski definition) is 2. The largest absolute Gasteiger partial charge is 0.478 e. The molecule has 2 aromatic rings. The van der Waals surface area contributed by atoms with E-state index in [0.29, 0.717) is 5.69 Å². The van der Waals surface area contributed by atoms with Crippen molar-refractivity contribution >= 4 is 17.6 Å². The van der Waals surface area contributed by atoms with Crippen LogP contribution in [0.2, 0.25) is 5.15 Å². The molecule has 0 aliphatic carbocycles. The Bertz CT molecular complexity index is 647. The number of aromatic nitrogens is 2. The van der Waals surface area contributed by atoms with Gasteiger partial charge in [0.25, 0.3) is 0 Å². The summed E-state index contributed by atoms with van der Waals surface area (Å²) in [7, 11) is 0. The van der Waals surface area contributed by atoms with Crippen molar-refractivity contribution in [2.45, 2.75) is 27.2 Å². The van der Waals surface area contributed by atoms with Gasteiger partial charge in [-0.2, -0.15) is 5.10 Å². The van der Waals surface area contributed by atoms with E-state index >= 15 is 0 Å². The number of carboxylic acids is 1. The molecule has 2 rings (SSSR count). The van der Waals surface area contributed by atoms with Crippen LogP contribution in [0.5, 0.6) is 0 Å². The summed E-state index contributed by atoms with van der Waals surface area (Å²) in [5.41, 5.74) is 3.45. The smallest absolute Gasteiger partial charge is 0.340 e. The van der Waals surface area contributed by atoms with Crippen LogP contribution < -0.4 is 0 Å². The van der Waals surface area contributed by atoms with Gasteiger partial charge >= 0.3 is 5.97 Å². The average Bonchev–Trinajstić information content (AvgIpc) is 2.64. The summed E-state index contributed by atoms with van der Waals surface area (Å²) < 4.78 is 1.52. The molecule has 0 aliphatic rings. The second-order valence-electron chi connectivity index (χ2n) is 4.40. The summed E-state index contributed by atoms with van der Waals surface area (Å²) in [5.74, 6) is -1.06. The fraction of sp³-hybridized carbons (Fsp3) is 0.286. The molecule has 0 bridgehead atoms. The summed E-state index contributed by atoms with van der Waals surface area (Å²) in [6.07, 6.45) is 0.828. The molecule has 5 heteroatoms. The Hall–Kier alpha value is -1.81. The van der Waals surface area contributed by atoms with Crippen LogP contribution in [0.25, 0.3) is 5.69 Å². The molecule has 0 radical (unpaired) electrons. The van der Waals surface area contributed by atoms with Crippen LogP contribution in [0.15, 0.2) is 18.2 Å². The predicted molar refractivity (Wildman–Crippen MR) is 74.4 cm³/mol. The van der Waals surface area contributed by atoms with Crippen LogP contribution in [0.4, 0.5) is 0 Å². The third-order valence-electron chi connectivity index (χ3n) is 3.13. The summed E-state index contributed by atoms with van der Waals surface area (Å²) in [5, 5.41) is 13.6. The van der Waals surface area contributed by atoms with Crippen molar-refractivity contribution in [2.24, 2.45) is 0 Å². The number of aryl methyl sites for hydroxylation is 3. The number of aromatic carboxylic acids is 1. The third-order valence-corrected chi connectivity index (χ3v) is 3.48. The van der Waals surface area contributed by atoms with Gasteiger partial charge in [0.05, 0.1) is 11.4 Å². The first-order valence-corrected chi connectivity index (χ1v) is 6.42. The molecular weight excluding hydrogens is 264 g/mol. The molecule has 0 aliphatic heterocycles. The standard InChI is InChI=1S/C14H15ClN2O2/c1-4-10-7-5-6-8(2)12(10)17-13(15)11(14(18)19)9(3)16-17/h5-7H,4H2,1-3H3,(H,18,19). The summed E-state index contributed by atoms with van der Waals surface area (Å²) in [6.45, 7) is 5.65. The van der Waals surface area contributed by atoms with E-state index in [1.165, 1.54) is 4.68 Å². The van der Waals surface area contributed by atoms with Crippen molar-refractivity contribution in [3.63, 3.8) is 0 Å². The Kier molecular flexibility index (Phi) is 3.62. The number of carbonyl (C=O) groups is 1. The second kappa shape index (κ2) is 5.05. The zero-order valence-corrected chi connectivity index (χ0v) is 11.8. The van der Waals surface area contributed by atoms with Crippen molar-refractivity contribution in [3.05, 3.63) is 45.7 Å². The summed E-state index contributed by atoms with van der Waals surface area (Å²) in [4.78, 5) is 11.2. The number of halogens is 1. The molecule has 1 aromatic carbocycles. The van der Waals surface area contributed by atoms with Crippen LogP contribution in [0.3, 0.4) is 0 Å². The number of para-hydroxylation sites is 1. The minimum absolute atomic E-state index is 0.0620. The number of rotatable bonds is 3. The molecule has 0 unspecified atom stereocenters. The first-order valence-electron chi connectivity index (χ1n) is 6.04.